The summed E-state index contributed by atoms with van der Waals surface area (Å²) < 4.78 is 0. The van der Waals surface area contributed by atoms with Gasteiger partial charge in [0, 0.05) is 26.2 Å². The highest BCUT2D eigenvalue weighted by atomic mass is 16.3. The number of carbonyl (C=O) groups is 1. The van der Waals surface area contributed by atoms with Gasteiger partial charge in [0.1, 0.15) is 11.5 Å². The minimum Gasteiger partial charge on any atom is -0.508 e. The Morgan fingerprint density at radius 2 is 1.30 bits per heavy atom. The number of amides is 1. The van der Waals surface area contributed by atoms with Crippen molar-refractivity contribution in [3.05, 3.63) is 65.2 Å². The van der Waals surface area contributed by atoms with Crippen molar-refractivity contribution in [2.45, 2.75) is 0 Å². The molecule has 2 rings (SSSR count). The van der Waals surface area contributed by atoms with E-state index < -0.39 is 0 Å². The van der Waals surface area contributed by atoms with E-state index in [0.717, 1.165) is 11.1 Å². The Bertz CT molecular complexity index is 723. The van der Waals surface area contributed by atoms with E-state index in [-0.39, 0.29) is 17.4 Å². The number of phenolic OH excluding ortho intramolecular Hbond substituents is 2. The van der Waals surface area contributed by atoms with E-state index in [1.807, 2.05) is 30.3 Å². The van der Waals surface area contributed by atoms with Gasteiger partial charge in [-0.25, -0.2) is 0 Å². The lowest BCUT2D eigenvalue weighted by Crippen LogP contribution is -2.18. The van der Waals surface area contributed by atoms with Crippen LogP contribution in [0.25, 0.3) is 18.2 Å². The second kappa shape index (κ2) is 7.31. The summed E-state index contributed by atoms with van der Waals surface area (Å²) in [6.45, 7) is 0. The van der Waals surface area contributed by atoms with Gasteiger partial charge in [-0.15, -0.1) is 0 Å². The number of benzene rings is 2. The Morgan fingerprint density at radius 1 is 0.826 bits per heavy atom. The summed E-state index contributed by atoms with van der Waals surface area (Å²) >= 11 is 0. The van der Waals surface area contributed by atoms with Gasteiger partial charge in [0.15, 0.2) is 0 Å². The maximum absolute atomic E-state index is 11.5. The fourth-order valence-corrected chi connectivity index (χ4v) is 1.94. The molecule has 0 atom stereocenters. The van der Waals surface area contributed by atoms with Crippen molar-refractivity contribution >= 4 is 24.1 Å². The van der Waals surface area contributed by atoms with E-state index in [0.29, 0.717) is 5.56 Å². The number of phenols is 2. The molecular weight excluding hydrogens is 290 g/mol. The first-order chi connectivity index (χ1) is 10.9. The van der Waals surface area contributed by atoms with Gasteiger partial charge in [0.05, 0.1) is 0 Å². The summed E-state index contributed by atoms with van der Waals surface area (Å²) in [5.41, 5.74) is 2.62. The minimum atomic E-state index is -0.0577. The van der Waals surface area contributed by atoms with Crippen molar-refractivity contribution in [3.63, 3.8) is 0 Å². The van der Waals surface area contributed by atoms with Crippen LogP contribution in [0.4, 0.5) is 0 Å². The van der Waals surface area contributed by atoms with Crippen molar-refractivity contribution in [1.29, 1.82) is 0 Å². The fourth-order valence-electron chi connectivity index (χ4n) is 1.94. The van der Waals surface area contributed by atoms with Crippen LogP contribution in [0.1, 0.15) is 16.7 Å². The third-order valence-electron chi connectivity index (χ3n) is 3.19. The average molecular weight is 309 g/mol. The third kappa shape index (κ3) is 5.04. The zero-order valence-corrected chi connectivity index (χ0v) is 13.1. The fraction of sp³-hybridized carbons (Fsp3) is 0.105. The van der Waals surface area contributed by atoms with Crippen LogP contribution in [-0.4, -0.2) is 35.1 Å². The van der Waals surface area contributed by atoms with Crippen molar-refractivity contribution in [1.82, 2.24) is 4.90 Å². The molecule has 2 N–H and O–H groups in total. The molecule has 4 heteroatoms. The summed E-state index contributed by atoms with van der Waals surface area (Å²) in [5, 5.41) is 18.9. The highest BCUT2D eigenvalue weighted by Crippen LogP contribution is 2.22. The second-order valence-corrected chi connectivity index (χ2v) is 5.35. The Kier molecular flexibility index (Phi) is 5.20. The Hall–Kier alpha value is -3.01. The smallest absolute Gasteiger partial charge is 0.246 e. The highest BCUT2D eigenvalue weighted by Gasteiger charge is 1.98. The molecule has 23 heavy (non-hydrogen) atoms. The lowest BCUT2D eigenvalue weighted by molar-refractivity contribution is -0.123. The lowest BCUT2D eigenvalue weighted by Gasteiger charge is -2.05. The molecule has 0 saturated heterocycles. The topological polar surface area (TPSA) is 60.8 Å². The molecule has 0 unspecified atom stereocenters. The van der Waals surface area contributed by atoms with E-state index in [2.05, 4.69) is 0 Å². The molecule has 0 heterocycles. The van der Waals surface area contributed by atoms with E-state index in [1.54, 1.807) is 38.4 Å². The molecular formula is C19H19NO3. The van der Waals surface area contributed by atoms with Crippen LogP contribution in [0, 0.1) is 0 Å². The van der Waals surface area contributed by atoms with Crippen LogP contribution in [0.15, 0.2) is 48.5 Å². The standard InChI is InChI=1S/C19H19NO3/c1-20(2)19(23)10-9-15-5-3-14(4-6-15)7-8-16-11-17(21)13-18(22)12-16/h3-13,21-22H,1-2H3/b8-7+,10-9+. The molecule has 0 aliphatic rings. The first kappa shape index (κ1) is 16.4. The maximum Gasteiger partial charge on any atom is 0.246 e. The Morgan fingerprint density at radius 3 is 1.83 bits per heavy atom. The molecule has 0 spiro atoms. The summed E-state index contributed by atoms with van der Waals surface area (Å²) in [6, 6.07) is 12.1. The summed E-state index contributed by atoms with van der Waals surface area (Å²) in [4.78, 5) is 13.0. The van der Waals surface area contributed by atoms with Crippen LogP contribution in [0.3, 0.4) is 0 Å². The number of hydrogen-bond donors (Lipinski definition) is 2. The summed E-state index contributed by atoms with van der Waals surface area (Å²) in [7, 11) is 3.42. The van der Waals surface area contributed by atoms with Gasteiger partial charge < -0.3 is 15.1 Å². The molecule has 0 aromatic heterocycles. The first-order valence-electron chi connectivity index (χ1n) is 7.14. The third-order valence-corrected chi connectivity index (χ3v) is 3.19. The van der Waals surface area contributed by atoms with Gasteiger partial charge in [-0.2, -0.15) is 0 Å². The zero-order valence-electron chi connectivity index (χ0n) is 13.1. The van der Waals surface area contributed by atoms with Gasteiger partial charge in [0.25, 0.3) is 0 Å². The molecule has 2 aromatic carbocycles. The second-order valence-electron chi connectivity index (χ2n) is 5.35. The molecule has 0 aliphatic carbocycles. The number of aromatic hydroxyl groups is 2. The van der Waals surface area contributed by atoms with Crippen LogP contribution < -0.4 is 0 Å². The Labute approximate surface area is 135 Å². The Balaban J connectivity index is 2.07. The van der Waals surface area contributed by atoms with Crippen LogP contribution in [-0.2, 0) is 4.79 Å². The number of nitrogens with zero attached hydrogens (tertiary/aromatic N) is 1. The van der Waals surface area contributed by atoms with Crippen LogP contribution in [0.2, 0.25) is 0 Å². The van der Waals surface area contributed by atoms with E-state index in [4.69, 9.17) is 0 Å². The minimum absolute atomic E-state index is 0.0238. The van der Waals surface area contributed by atoms with E-state index in [1.165, 1.54) is 17.0 Å². The molecule has 4 nitrogen and oxygen atoms in total. The van der Waals surface area contributed by atoms with Crippen molar-refractivity contribution in [2.75, 3.05) is 14.1 Å². The number of hydrogen-bond acceptors (Lipinski definition) is 3. The van der Waals surface area contributed by atoms with Gasteiger partial charge in [-0.3, -0.25) is 4.79 Å². The number of likely N-dealkylation sites (N-methyl/N-ethyl adjacent to an activating group) is 1. The molecule has 118 valence electrons. The largest absolute Gasteiger partial charge is 0.508 e. The SMILES string of the molecule is CN(C)C(=O)/C=C/c1ccc(/C=C/c2cc(O)cc(O)c2)cc1. The van der Waals surface area contributed by atoms with E-state index in [9.17, 15) is 15.0 Å². The molecule has 0 fully saturated rings. The molecule has 0 bridgehead atoms. The summed E-state index contributed by atoms with van der Waals surface area (Å²) in [5.74, 6) is -0.0101. The van der Waals surface area contributed by atoms with Crippen molar-refractivity contribution in [3.8, 4) is 11.5 Å². The van der Waals surface area contributed by atoms with Gasteiger partial charge in [-0.05, 0) is 34.9 Å². The quantitative estimate of drug-likeness (QED) is 0.672. The number of rotatable bonds is 4. The van der Waals surface area contributed by atoms with Gasteiger partial charge in [0.2, 0.25) is 5.91 Å². The zero-order chi connectivity index (χ0) is 16.8. The predicted octanol–water partition coefficient (Wildman–Crippen LogP) is 3.37. The van der Waals surface area contributed by atoms with Crippen LogP contribution >= 0.6 is 0 Å². The highest BCUT2D eigenvalue weighted by molar-refractivity contribution is 5.91. The molecule has 1 amide bonds. The maximum atomic E-state index is 11.5. The van der Waals surface area contributed by atoms with Gasteiger partial charge in [-0.1, -0.05) is 36.4 Å². The van der Waals surface area contributed by atoms with Crippen molar-refractivity contribution < 1.29 is 15.0 Å². The first-order valence-corrected chi connectivity index (χ1v) is 7.14. The molecule has 0 aliphatic heterocycles. The lowest BCUT2D eigenvalue weighted by atomic mass is 10.1. The summed E-state index contributed by atoms with van der Waals surface area (Å²) in [6.07, 6.45) is 6.98. The number of carbonyl (C=O) groups excluding carboxylic acids is 1. The average Bonchev–Trinajstić information content (AvgIpc) is 2.50. The molecule has 0 saturated carbocycles. The normalized spacial score (nSPS) is 11.2. The van der Waals surface area contributed by atoms with E-state index >= 15 is 0 Å². The van der Waals surface area contributed by atoms with Gasteiger partial charge >= 0.3 is 0 Å². The van der Waals surface area contributed by atoms with Crippen molar-refractivity contribution in [2.24, 2.45) is 0 Å². The molecule has 0 radical (unpaired) electrons. The monoisotopic (exact) mass is 309 g/mol. The van der Waals surface area contributed by atoms with Crippen LogP contribution in [0.5, 0.6) is 11.5 Å². The predicted molar refractivity (Wildman–Crippen MR) is 92.9 cm³/mol. The molecule has 2 aromatic rings.